The molecule has 0 N–H and O–H groups in total. The van der Waals surface area contributed by atoms with E-state index < -0.39 is 5.60 Å². The zero-order valence-electron chi connectivity index (χ0n) is 16.7. The van der Waals surface area contributed by atoms with Crippen LogP contribution >= 0.6 is 0 Å². The number of hydrogen-bond acceptors (Lipinski definition) is 4. The molecule has 5 heteroatoms. The Morgan fingerprint density at radius 2 is 1.89 bits per heavy atom. The molecule has 0 aliphatic carbocycles. The summed E-state index contributed by atoms with van der Waals surface area (Å²) < 4.78 is 5.67. The number of piperidine rings is 1. The Labute approximate surface area is 162 Å². The van der Waals surface area contributed by atoms with Gasteiger partial charge in [-0.15, -0.1) is 0 Å². The van der Waals surface area contributed by atoms with Crippen LogP contribution in [-0.2, 0) is 4.74 Å². The number of hydrogen-bond donors (Lipinski definition) is 0. The van der Waals surface area contributed by atoms with Gasteiger partial charge in [-0.05, 0) is 58.2 Å². The summed E-state index contributed by atoms with van der Waals surface area (Å²) in [7, 11) is 2.02. The van der Waals surface area contributed by atoms with Gasteiger partial charge in [0.05, 0.1) is 6.04 Å². The molecule has 1 fully saturated rings. The summed E-state index contributed by atoms with van der Waals surface area (Å²) in [4.78, 5) is 21.4. The van der Waals surface area contributed by atoms with E-state index in [0.717, 1.165) is 36.3 Å². The molecular weight excluding hydrogens is 338 g/mol. The van der Waals surface area contributed by atoms with E-state index in [1.807, 2.05) is 57.0 Å². The molecule has 144 valence electrons. The van der Waals surface area contributed by atoms with Gasteiger partial charge in [-0.25, -0.2) is 9.78 Å². The van der Waals surface area contributed by atoms with Crippen molar-refractivity contribution in [2.75, 3.05) is 18.5 Å². The maximum atomic E-state index is 12.8. The van der Waals surface area contributed by atoms with Crippen LogP contribution in [0.5, 0.6) is 0 Å². The second kappa shape index (κ2) is 7.99. The summed E-state index contributed by atoms with van der Waals surface area (Å²) in [5, 5.41) is 0. The van der Waals surface area contributed by atoms with Crippen molar-refractivity contribution in [3.05, 3.63) is 54.2 Å². The number of nitrogens with zero attached hydrogens (tertiary/aromatic N) is 3. The van der Waals surface area contributed by atoms with Crippen LogP contribution in [0.1, 0.15) is 51.6 Å². The van der Waals surface area contributed by atoms with Gasteiger partial charge < -0.3 is 14.5 Å². The van der Waals surface area contributed by atoms with E-state index in [2.05, 4.69) is 28.1 Å². The maximum Gasteiger partial charge on any atom is 0.410 e. The van der Waals surface area contributed by atoms with Gasteiger partial charge in [-0.2, -0.15) is 0 Å². The fourth-order valence-electron chi connectivity index (χ4n) is 3.52. The minimum atomic E-state index is -0.502. The van der Waals surface area contributed by atoms with Crippen LogP contribution in [0.15, 0.2) is 48.7 Å². The third kappa shape index (κ3) is 4.59. The van der Waals surface area contributed by atoms with Crippen molar-refractivity contribution in [2.45, 2.75) is 51.7 Å². The Bertz CT molecular complexity index is 771. The average Bonchev–Trinajstić information content (AvgIpc) is 2.67. The summed E-state index contributed by atoms with van der Waals surface area (Å²) in [5.74, 6) is 0.879. The highest BCUT2D eigenvalue weighted by Gasteiger charge is 2.33. The fraction of sp³-hybridized carbons (Fsp3) is 0.455. The molecule has 1 saturated heterocycles. The highest BCUT2D eigenvalue weighted by molar-refractivity contribution is 5.70. The van der Waals surface area contributed by atoms with Gasteiger partial charge in [0.15, 0.2) is 0 Å². The van der Waals surface area contributed by atoms with Crippen LogP contribution in [-0.4, -0.2) is 35.2 Å². The lowest BCUT2D eigenvalue weighted by Crippen LogP contribution is -2.42. The van der Waals surface area contributed by atoms with Crippen LogP contribution < -0.4 is 4.90 Å². The van der Waals surface area contributed by atoms with Crippen LogP contribution in [0.3, 0.4) is 0 Å². The number of ether oxygens (including phenoxy) is 1. The largest absolute Gasteiger partial charge is 0.444 e. The number of anilines is 2. The summed E-state index contributed by atoms with van der Waals surface area (Å²) in [6.07, 6.45) is 4.57. The van der Waals surface area contributed by atoms with Crippen molar-refractivity contribution < 1.29 is 9.53 Å². The van der Waals surface area contributed by atoms with Crippen LogP contribution in [0.25, 0.3) is 0 Å². The number of likely N-dealkylation sites (tertiary alicyclic amines) is 1. The molecule has 1 unspecified atom stereocenters. The Morgan fingerprint density at radius 3 is 2.59 bits per heavy atom. The molecule has 0 saturated carbocycles. The quantitative estimate of drug-likeness (QED) is 0.737. The van der Waals surface area contributed by atoms with Crippen molar-refractivity contribution in [2.24, 2.45) is 0 Å². The summed E-state index contributed by atoms with van der Waals surface area (Å²) in [6, 6.07) is 14.2. The summed E-state index contributed by atoms with van der Waals surface area (Å²) in [6.45, 7) is 6.43. The molecule has 27 heavy (non-hydrogen) atoms. The molecule has 2 heterocycles. The van der Waals surface area contributed by atoms with E-state index in [-0.39, 0.29) is 12.1 Å². The van der Waals surface area contributed by atoms with E-state index in [9.17, 15) is 4.79 Å². The van der Waals surface area contributed by atoms with Gasteiger partial charge in [0.1, 0.15) is 11.4 Å². The van der Waals surface area contributed by atoms with E-state index in [1.54, 1.807) is 6.20 Å². The Kier molecular flexibility index (Phi) is 5.68. The van der Waals surface area contributed by atoms with E-state index >= 15 is 0 Å². The summed E-state index contributed by atoms with van der Waals surface area (Å²) >= 11 is 0. The van der Waals surface area contributed by atoms with Crippen molar-refractivity contribution in [1.82, 2.24) is 9.88 Å². The molecule has 1 aromatic carbocycles. The first-order valence-electron chi connectivity index (χ1n) is 9.60. The first kappa shape index (κ1) is 19.2. The molecule has 0 radical (unpaired) electrons. The van der Waals surface area contributed by atoms with E-state index in [0.29, 0.717) is 6.54 Å². The van der Waals surface area contributed by atoms with Crippen molar-refractivity contribution in [3.8, 4) is 0 Å². The molecular formula is C22H29N3O2. The Balaban J connectivity index is 1.93. The molecule has 1 aromatic heterocycles. The molecule has 5 nitrogen and oxygen atoms in total. The third-order valence-corrected chi connectivity index (χ3v) is 4.77. The number of aromatic nitrogens is 1. The number of para-hydroxylation sites is 1. The Morgan fingerprint density at radius 1 is 1.15 bits per heavy atom. The van der Waals surface area contributed by atoms with Crippen molar-refractivity contribution in [1.29, 1.82) is 0 Å². The smallest absolute Gasteiger partial charge is 0.410 e. The first-order chi connectivity index (χ1) is 12.9. The van der Waals surface area contributed by atoms with Crippen LogP contribution in [0.2, 0.25) is 0 Å². The first-order valence-corrected chi connectivity index (χ1v) is 9.60. The summed E-state index contributed by atoms with van der Waals surface area (Å²) in [5.41, 5.74) is 1.63. The zero-order chi connectivity index (χ0) is 19.4. The molecule has 1 aliphatic rings. The number of rotatable bonds is 3. The molecule has 0 spiro atoms. The third-order valence-electron chi connectivity index (χ3n) is 4.77. The average molecular weight is 367 g/mol. The monoisotopic (exact) mass is 367 g/mol. The van der Waals surface area contributed by atoms with Crippen LogP contribution in [0.4, 0.5) is 16.3 Å². The van der Waals surface area contributed by atoms with Crippen molar-refractivity contribution in [3.63, 3.8) is 0 Å². The van der Waals surface area contributed by atoms with Gasteiger partial charge in [0.25, 0.3) is 0 Å². The molecule has 1 aliphatic heterocycles. The topological polar surface area (TPSA) is 45.7 Å². The second-order valence-electron chi connectivity index (χ2n) is 8.00. The van der Waals surface area contributed by atoms with Gasteiger partial charge >= 0.3 is 6.09 Å². The predicted molar refractivity (Wildman–Crippen MR) is 108 cm³/mol. The lowest BCUT2D eigenvalue weighted by atomic mass is 9.95. The van der Waals surface area contributed by atoms with Crippen molar-refractivity contribution >= 4 is 17.6 Å². The molecule has 3 rings (SSSR count). The van der Waals surface area contributed by atoms with Gasteiger partial charge in [0.2, 0.25) is 0 Å². The molecule has 0 bridgehead atoms. The van der Waals surface area contributed by atoms with Gasteiger partial charge in [0, 0.05) is 31.0 Å². The highest BCUT2D eigenvalue weighted by Crippen LogP contribution is 2.37. The molecule has 1 amide bonds. The number of carbonyl (C=O) groups excluding carboxylic acids is 1. The minimum absolute atomic E-state index is 0.0246. The SMILES string of the molecule is CN(c1ccccc1)c1ncccc1C1CCCCN1C(=O)OC(C)(C)C. The lowest BCUT2D eigenvalue weighted by Gasteiger charge is -2.38. The predicted octanol–water partition coefficient (Wildman–Crippen LogP) is 5.31. The number of carbonyl (C=O) groups is 1. The van der Waals surface area contributed by atoms with Gasteiger partial charge in [-0.3, -0.25) is 0 Å². The fourth-order valence-corrected chi connectivity index (χ4v) is 3.52. The standard InChI is InChI=1S/C22H29N3O2/c1-22(2,3)27-21(26)25-16-9-8-14-19(25)18-13-10-15-23-20(18)24(4)17-11-6-5-7-12-17/h5-7,10-13,15,19H,8-9,14,16H2,1-4H3. The molecule has 2 aromatic rings. The minimum Gasteiger partial charge on any atom is -0.444 e. The number of amides is 1. The van der Waals surface area contributed by atoms with Gasteiger partial charge in [-0.1, -0.05) is 24.3 Å². The number of pyridine rings is 1. The maximum absolute atomic E-state index is 12.8. The number of benzene rings is 1. The Hall–Kier alpha value is -2.56. The second-order valence-corrected chi connectivity index (χ2v) is 8.00. The normalized spacial score (nSPS) is 17.5. The van der Waals surface area contributed by atoms with E-state index in [1.165, 1.54) is 0 Å². The van der Waals surface area contributed by atoms with E-state index in [4.69, 9.17) is 4.74 Å². The van der Waals surface area contributed by atoms with Crippen LogP contribution in [0, 0.1) is 0 Å². The zero-order valence-corrected chi connectivity index (χ0v) is 16.7. The molecule has 1 atom stereocenters. The highest BCUT2D eigenvalue weighted by atomic mass is 16.6. The lowest BCUT2D eigenvalue weighted by molar-refractivity contribution is 0.00955.